The van der Waals surface area contributed by atoms with Crippen molar-refractivity contribution in [3.63, 3.8) is 0 Å². The number of carbonyl (C=O) groups is 2. The first-order valence-electron chi connectivity index (χ1n) is 5.00. The topological polar surface area (TPSA) is 89.9 Å². The van der Waals surface area contributed by atoms with Crippen molar-refractivity contribution in [1.82, 2.24) is 10.2 Å². The molecule has 0 aliphatic carbocycles. The molecule has 1 atom stereocenters. The average Bonchev–Trinajstić information content (AvgIpc) is 2.24. The molecule has 0 saturated carbocycles. The number of hydrogen-bond donors (Lipinski definition) is 3. The zero-order chi connectivity index (χ0) is 12.6. The predicted molar refractivity (Wildman–Crippen MR) is 59.1 cm³/mol. The van der Waals surface area contributed by atoms with Gasteiger partial charge in [-0.15, -0.1) is 6.58 Å². The van der Waals surface area contributed by atoms with Gasteiger partial charge in [0, 0.05) is 19.6 Å². The first kappa shape index (κ1) is 14.4. The standard InChI is InChI=1S/C10H18N2O4/c1-3-4-12(5-6-13)10(16)11-7-8(2)9(14)15/h3,8,13H,1,4-7H2,2H3,(H,11,16)(H,14,15). The van der Waals surface area contributed by atoms with Gasteiger partial charge in [-0.25, -0.2) is 4.79 Å². The van der Waals surface area contributed by atoms with Crippen molar-refractivity contribution in [2.75, 3.05) is 26.2 Å². The highest BCUT2D eigenvalue weighted by Crippen LogP contribution is 1.94. The minimum absolute atomic E-state index is 0.0627. The summed E-state index contributed by atoms with van der Waals surface area (Å²) in [5.74, 6) is -1.60. The molecule has 0 fully saturated rings. The molecule has 0 saturated heterocycles. The Kier molecular flexibility index (Phi) is 6.95. The maximum Gasteiger partial charge on any atom is 0.317 e. The molecule has 0 bridgehead atoms. The molecule has 0 aromatic rings. The second kappa shape index (κ2) is 7.70. The minimum atomic E-state index is -0.960. The van der Waals surface area contributed by atoms with Crippen LogP contribution >= 0.6 is 0 Å². The first-order chi connectivity index (χ1) is 7.52. The maximum atomic E-state index is 11.5. The number of nitrogens with one attached hydrogen (secondary N) is 1. The van der Waals surface area contributed by atoms with Gasteiger partial charge >= 0.3 is 12.0 Å². The van der Waals surface area contributed by atoms with Crippen LogP contribution in [-0.4, -0.2) is 53.4 Å². The molecular weight excluding hydrogens is 212 g/mol. The van der Waals surface area contributed by atoms with Crippen LogP contribution in [0.1, 0.15) is 6.92 Å². The summed E-state index contributed by atoms with van der Waals surface area (Å²) < 4.78 is 0. The van der Waals surface area contributed by atoms with E-state index in [1.807, 2.05) is 0 Å². The van der Waals surface area contributed by atoms with E-state index in [4.69, 9.17) is 10.2 Å². The molecule has 6 nitrogen and oxygen atoms in total. The number of nitrogens with zero attached hydrogens (tertiary/aromatic N) is 1. The van der Waals surface area contributed by atoms with Crippen LogP contribution in [-0.2, 0) is 4.79 Å². The second-order valence-electron chi connectivity index (χ2n) is 3.38. The van der Waals surface area contributed by atoms with Crippen LogP contribution in [0.5, 0.6) is 0 Å². The van der Waals surface area contributed by atoms with Gasteiger partial charge in [0.2, 0.25) is 0 Å². The highest BCUT2D eigenvalue weighted by Gasteiger charge is 2.15. The summed E-state index contributed by atoms with van der Waals surface area (Å²) in [6.45, 7) is 5.42. The highest BCUT2D eigenvalue weighted by atomic mass is 16.4. The number of rotatable bonds is 7. The quantitative estimate of drug-likeness (QED) is 0.533. The molecule has 1 unspecified atom stereocenters. The third-order valence-corrected chi connectivity index (χ3v) is 1.99. The Morgan fingerprint density at radius 1 is 1.56 bits per heavy atom. The smallest absolute Gasteiger partial charge is 0.317 e. The molecule has 0 aliphatic heterocycles. The van der Waals surface area contributed by atoms with Gasteiger partial charge in [0.05, 0.1) is 12.5 Å². The molecule has 6 heteroatoms. The van der Waals surface area contributed by atoms with E-state index in [1.54, 1.807) is 0 Å². The van der Waals surface area contributed by atoms with E-state index < -0.39 is 17.9 Å². The van der Waals surface area contributed by atoms with Gasteiger partial charge in [0.25, 0.3) is 0 Å². The zero-order valence-electron chi connectivity index (χ0n) is 9.35. The first-order valence-corrected chi connectivity index (χ1v) is 5.00. The van der Waals surface area contributed by atoms with Crippen LogP contribution in [0.2, 0.25) is 0 Å². The fraction of sp³-hybridized carbons (Fsp3) is 0.600. The monoisotopic (exact) mass is 230 g/mol. The van der Waals surface area contributed by atoms with E-state index in [0.717, 1.165) is 0 Å². The molecular formula is C10H18N2O4. The number of carboxylic acid groups (broad SMARTS) is 1. The lowest BCUT2D eigenvalue weighted by Crippen LogP contribution is -2.43. The van der Waals surface area contributed by atoms with Crippen molar-refractivity contribution < 1.29 is 19.8 Å². The number of urea groups is 1. The van der Waals surface area contributed by atoms with E-state index in [-0.39, 0.29) is 19.7 Å². The van der Waals surface area contributed by atoms with E-state index in [0.29, 0.717) is 6.54 Å². The van der Waals surface area contributed by atoms with Gasteiger partial charge in [-0.1, -0.05) is 13.0 Å². The Balaban J connectivity index is 4.09. The van der Waals surface area contributed by atoms with Gasteiger partial charge in [-0.3, -0.25) is 4.79 Å². The molecule has 0 rings (SSSR count). The second-order valence-corrected chi connectivity index (χ2v) is 3.38. The fourth-order valence-corrected chi connectivity index (χ4v) is 0.992. The van der Waals surface area contributed by atoms with Crippen LogP contribution in [0.25, 0.3) is 0 Å². The molecule has 0 radical (unpaired) electrons. The molecule has 0 aliphatic rings. The van der Waals surface area contributed by atoms with Crippen LogP contribution in [0, 0.1) is 5.92 Å². The number of aliphatic carboxylic acids is 1. The Hall–Kier alpha value is -1.56. The van der Waals surface area contributed by atoms with Gasteiger partial charge in [-0.2, -0.15) is 0 Å². The number of carboxylic acids is 1. The lowest BCUT2D eigenvalue weighted by atomic mass is 10.2. The summed E-state index contributed by atoms with van der Waals surface area (Å²) in [5, 5.41) is 19.8. The van der Waals surface area contributed by atoms with Crippen LogP contribution in [0.15, 0.2) is 12.7 Å². The summed E-state index contributed by atoms with van der Waals surface area (Å²) in [6, 6.07) is -0.401. The zero-order valence-corrected chi connectivity index (χ0v) is 9.35. The Bertz CT molecular complexity index is 255. The Morgan fingerprint density at radius 3 is 2.62 bits per heavy atom. The fourth-order valence-electron chi connectivity index (χ4n) is 0.992. The molecule has 0 aromatic heterocycles. The maximum absolute atomic E-state index is 11.5. The number of carbonyl (C=O) groups excluding carboxylic acids is 1. The van der Waals surface area contributed by atoms with Crippen LogP contribution < -0.4 is 5.32 Å². The third-order valence-electron chi connectivity index (χ3n) is 1.99. The SMILES string of the molecule is C=CCN(CCO)C(=O)NCC(C)C(=O)O. The summed E-state index contributed by atoms with van der Waals surface area (Å²) in [7, 11) is 0. The Labute approximate surface area is 94.6 Å². The molecule has 0 spiro atoms. The van der Waals surface area contributed by atoms with Crippen molar-refractivity contribution in [2.24, 2.45) is 5.92 Å². The number of hydrogen-bond acceptors (Lipinski definition) is 3. The van der Waals surface area contributed by atoms with Crippen LogP contribution in [0.4, 0.5) is 4.79 Å². The number of amides is 2. The molecule has 2 amide bonds. The van der Waals surface area contributed by atoms with E-state index in [1.165, 1.54) is 17.9 Å². The van der Waals surface area contributed by atoms with Crippen LogP contribution in [0.3, 0.4) is 0 Å². The minimum Gasteiger partial charge on any atom is -0.481 e. The average molecular weight is 230 g/mol. The summed E-state index contributed by atoms with van der Waals surface area (Å²) in [6.07, 6.45) is 1.54. The number of aliphatic hydroxyl groups excluding tert-OH is 1. The molecule has 0 aromatic carbocycles. The summed E-state index contributed by atoms with van der Waals surface area (Å²) in [4.78, 5) is 23.4. The van der Waals surface area contributed by atoms with Crippen molar-refractivity contribution in [2.45, 2.75) is 6.92 Å². The van der Waals surface area contributed by atoms with E-state index >= 15 is 0 Å². The molecule has 16 heavy (non-hydrogen) atoms. The van der Waals surface area contributed by atoms with Gasteiger partial charge in [0.15, 0.2) is 0 Å². The summed E-state index contributed by atoms with van der Waals surface area (Å²) >= 11 is 0. The van der Waals surface area contributed by atoms with E-state index in [9.17, 15) is 9.59 Å². The normalized spacial score (nSPS) is 11.6. The van der Waals surface area contributed by atoms with Crippen molar-refractivity contribution >= 4 is 12.0 Å². The third kappa shape index (κ3) is 5.35. The van der Waals surface area contributed by atoms with Crippen molar-refractivity contribution in [1.29, 1.82) is 0 Å². The lowest BCUT2D eigenvalue weighted by molar-refractivity contribution is -0.140. The largest absolute Gasteiger partial charge is 0.481 e. The van der Waals surface area contributed by atoms with Gasteiger partial charge in [-0.05, 0) is 0 Å². The molecule has 0 heterocycles. The summed E-state index contributed by atoms with van der Waals surface area (Å²) in [5.41, 5.74) is 0. The molecule has 92 valence electrons. The van der Waals surface area contributed by atoms with Crippen molar-refractivity contribution in [3.8, 4) is 0 Å². The van der Waals surface area contributed by atoms with E-state index in [2.05, 4.69) is 11.9 Å². The Morgan fingerprint density at radius 2 is 2.19 bits per heavy atom. The molecule has 3 N–H and O–H groups in total. The van der Waals surface area contributed by atoms with Gasteiger partial charge < -0.3 is 20.4 Å². The van der Waals surface area contributed by atoms with Crippen molar-refractivity contribution in [3.05, 3.63) is 12.7 Å². The predicted octanol–water partition coefficient (Wildman–Crippen LogP) is -0.103. The number of aliphatic hydroxyl groups is 1. The lowest BCUT2D eigenvalue weighted by Gasteiger charge is -2.21. The van der Waals surface area contributed by atoms with Gasteiger partial charge in [0.1, 0.15) is 0 Å². The highest BCUT2D eigenvalue weighted by molar-refractivity contribution is 5.76.